The van der Waals surface area contributed by atoms with Gasteiger partial charge in [-0.1, -0.05) is 33.6 Å². The second-order valence-electron chi connectivity index (χ2n) is 5.01. The maximum atomic E-state index is 12.2. The SMILES string of the molecule is Cc1ccc(S(=O)(=O)O[C@H]2CO[C@H]3[C@H]2OC[C@@H]3Br)cc1. The Labute approximate surface area is 126 Å². The number of fused-ring (bicyclic) bond motifs is 1. The number of aryl methyl sites for hydroxylation is 1. The topological polar surface area (TPSA) is 61.8 Å². The Bertz CT molecular complexity index is 585. The third-order valence-electron chi connectivity index (χ3n) is 3.51. The minimum atomic E-state index is -3.79. The molecule has 1 aromatic carbocycles. The van der Waals surface area contributed by atoms with Crippen LogP contribution in [0.15, 0.2) is 29.2 Å². The number of hydrogen-bond donors (Lipinski definition) is 0. The zero-order chi connectivity index (χ0) is 14.3. The van der Waals surface area contributed by atoms with Crippen LogP contribution in [0.3, 0.4) is 0 Å². The smallest absolute Gasteiger partial charge is 0.297 e. The highest BCUT2D eigenvalue weighted by atomic mass is 79.9. The number of halogens is 1. The van der Waals surface area contributed by atoms with E-state index in [2.05, 4.69) is 15.9 Å². The Morgan fingerprint density at radius 3 is 2.50 bits per heavy atom. The van der Waals surface area contributed by atoms with Gasteiger partial charge in [-0.3, -0.25) is 4.18 Å². The second kappa shape index (κ2) is 5.38. The highest BCUT2D eigenvalue weighted by Gasteiger charge is 2.49. The van der Waals surface area contributed by atoms with E-state index < -0.39 is 16.2 Å². The molecule has 0 N–H and O–H groups in total. The van der Waals surface area contributed by atoms with Crippen LogP contribution < -0.4 is 0 Å². The van der Waals surface area contributed by atoms with Gasteiger partial charge in [-0.05, 0) is 19.1 Å². The van der Waals surface area contributed by atoms with Gasteiger partial charge in [0, 0.05) is 0 Å². The highest BCUT2D eigenvalue weighted by Crippen LogP contribution is 2.33. The lowest BCUT2D eigenvalue weighted by Crippen LogP contribution is -2.33. The average Bonchev–Trinajstić information content (AvgIpc) is 2.95. The Kier molecular flexibility index (Phi) is 3.89. The summed E-state index contributed by atoms with van der Waals surface area (Å²) in [5.74, 6) is 0. The van der Waals surface area contributed by atoms with Crippen LogP contribution in [0.5, 0.6) is 0 Å². The molecule has 0 saturated carbocycles. The molecule has 2 aliphatic rings. The summed E-state index contributed by atoms with van der Waals surface area (Å²) < 4.78 is 40.8. The maximum Gasteiger partial charge on any atom is 0.297 e. The molecule has 5 nitrogen and oxygen atoms in total. The fraction of sp³-hybridized carbons (Fsp3) is 0.538. The van der Waals surface area contributed by atoms with Crippen LogP contribution in [0.1, 0.15) is 5.56 Å². The first kappa shape index (κ1) is 14.5. The quantitative estimate of drug-likeness (QED) is 0.604. The van der Waals surface area contributed by atoms with Gasteiger partial charge >= 0.3 is 0 Å². The number of hydrogen-bond acceptors (Lipinski definition) is 5. The van der Waals surface area contributed by atoms with Gasteiger partial charge in [0.15, 0.2) is 0 Å². The zero-order valence-corrected chi connectivity index (χ0v) is 13.3. The molecule has 0 amide bonds. The van der Waals surface area contributed by atoms with E-state index in [0.717, 1.165) is 5.56 Å². The van der Waals surface area contributed by atoms with Gasteiger partial charge in [0.25, 0.3) is 10.1 Å². The van der Waals surface area contributed by atoms with E-state index in [1.807, 2.05) is 6.92 Å². The predicted octanol–water partition coefficient (Wildman–Crippen LogP) is 1.63. The minimum absolute atomic E-state index is 0.0863. The minimum Gasteiger partial charge on any atom is -0.371 e. The standard InChI is InChI=1S/C13H15BrO5S/c1-8-2-4-9(5-3-8)20(15,16)19-11-7-18-12-10(14)6-17-13(11)12/h2-5,10-13H,6-7H2,1H3/t10-,11-,12+,13-/m0/s1. The van der Waals surface area contributed by atoms with Crippen LogP contribution in [0.4, 0.5) is 0 Å². The predicted molar refractivity (Wildman–Crippen MR) is 75.4 cm³/mol. The molecule has 0 bridgehead atoms. The lowest BCUT2D eigenvalue weighted by atomic mass is 10.1. The number of ether oxygens (including phenoxy) is 2. The fourth-order valence-corrected chi connectivity index (χ4v) is 4.10. The monoisotopic (exact) mass is 362 g/mol. The second-order valence-corrected chi connectivity index (χ2v) is 7.76. The van der Waals surface area contributed by atoms with E-state index in [1.54, 1.807) is 24.3 Å². The van der Waals surface area contributed by atoms with Gasteiger partial charge < -0.3 is 9.47 Å². The Balaban J connectivity index is 1.76. The van der Waals surface area contributed by atoms with Gasteiger partial charge in [-0.2, -0.15) is 8.42 Å². The van der Waals surface area contributed by atoms with Crippen molar-refractivity contribution in [2.75, 3.05) is 13.2 Å². The van der Waals surface area contributed by atoms with Crippen molar-refractivity contribution in [2.45, 2.75) is 35.0 Å². The van der Waals surface area contributed by atoms with Crippen LogP contribution in [-0.4, -0.2) is 44.8 Å². The van der Waals surface area contributed by atoms with Gasteiger partial charge in [0.05, 0.1) is 22.9 Å². The average molecular weight is 363 g/mol. The number of benzene rings is 1. The maximum absolute atomic E-state index is 12.2. The summed E-state index contributed by atoms with van der Waals surface area (Å²) >= 11 is 3.45. The molecule has 110 valence electrons. The van der Waals surface area contributed by atoms with Gasteiger partial charge in [-0.25, -0.2) is 0 Å². The van der Waals surface area contributed by atoms with Crippen LogP contribution in [-0.2, 0) is 23.8 Å². The highest BCUT2D eigenvalue weighted by molar-refractivity contribution is 9.09. The summed E-state index contributed by atoms with van der Waals surface area (Å²) in [5, 5.41) is 0. The van der Waals surface area contributed by atoms with Crippen molar-refractivity contribution < 1.29 is 22.1 Å². The Morgan fingerprint density at radius 2 is 1.80 bits per heavy atom. The van der Waals surface area contributed by atoms with Crippen molar-refractivity contribution in [1.29, 1.82) is 0 Å². The first-order chi connectivity index (χ1) is 9.47. The lowest BCUT2D eigenvalue weighted by Gasteiger charge is -2.16. The Morgan fingerprint density at radius 1 is 1.15 bits per heavy atom. The fourth-order valence-electron chi connectivity index (χ4n) is 2.42. The van der Waals surface area contributed by atoms with Crippen molar-refractivity contribution in [2.24, 2.45) is 0 Å². The summed E-state index contributed by atoms with van der Waals surface area (Å²) in [6.45, 7) is 2.62. The van der Waals surface area contributed by atoms with Crippen LogP contribution in [0.25, 0.3) is 0 Å². The summed E-state index contributed by atoms with van der Waals surface area (Å²) in [6, 6.07) is 6.57. The van der Waals surface area contributed by atoms with E-state index in [1.165, 1.54) is 0 Å². The van der Waals surface area contributed by atoms with Crippen LogP contribution in [0.2, 0.25) is 0 Å². The molecule has 2 aliphatic heterocycles. The molecule has 7 heteroatoms. The van der Waals surface area contributed by atoms with Crippen molar-refractivity contribution in [1.82, 2.24) is 0 Å². The third kappa shape index (κ3) is 2.65. The molecule has 20 heavy (non-hydrogen) atoms. The first-order valence-electron chi connectivity index (χ1n) is 6.34. The third-order valence-corrected chi connectivity index (χ3v) is 5.64. The largest absolute Gasteiger partial charge is 0.371 e. The van der Waals surface area contributed by atoms with Crippen LogP contribution >= 0.6 is 15.9 Å². The van der Waals surface area contributed by atoms with Crippen LogP contribution in [0, 0.1) is 6.92 Å². The van der Waals surface area contributed by atoms with E-state index in [0.29, 0.717) is 6.61 Å². The molecular weight excluding hydrogens is 348 g/mol. The molecule has 0 radical (unpaired) electrons. The summed E-state index contributed by atoms with van der Waals surface area (Å²) in [4.78, 5) is 0.239. The van der Waals surface area contributed by atoms with E-state index >= 15 is 0 Å². The van der Waals surface area contributed by atoms with Crippen molar-refractivity contribution in [3.63, 3.8) is 0 Å². The summed E-state index contributed by atoms with van der Waals surface area (Å²) in [6.07, 6.45) is -1.07. The molecule has 3 rings (SSSR count). The Hall–Kier alpha value is -0.470. The molecular formula is C13H15BrO5S. The zero-order valence-electron chi connectivity index (χ0n) is 10.9. The van der Waals surface area contributed by atoms with Crippen molar-refractivity contribution in [3.8, 4) is 0 Å². The van der Waals surface area contributed by atoms with Gasteiger partial charge in [-0.15, -0.1) is 0 Å². The first-order valence-corrected chi connectivity index (χ1v) is 8.67. The normalized spacial score (nSPS) is 33.3. The molecule has 1 aromatic rings. The molecule has 2 saturated heterocycles. The number of rotatable bonds is 3. The van der Waals surface area contributed by atoms with Crippen molar-refractivity contribution >= 4 is 26.0 Å². The molecule has 0 unspecified atom stereocenters. The van der Waals surface area contributed by atoms with Crippen molar-refractivity contribution in [3.05, 3.63) is 29.8 Å². The molecule has 2 heterocycles. The van der Waals surface area contributed by atoms with E-state index in [4.69, 9.17) is 13.7 Å². The summed E-state index contributed by atoms with van der Waals surface area (Å²) in [5.41, 5.74) is 0.995. The van der Waals surface area contributed by atoms with E-state index in [9.17, 15) is 8.42 Å². The van der Waals surface area contributed by atoms with E-state index in [-0.39, 0.29) is 28.5 Å². The molecule has 2 fully saturated rings. The molecule has 4 atom stereocenters. The summed E-state index contributed by atoms with van der Waals surface area (Å²) in [7, 11) is -3.79. The van der Waals surface area contributed by atoms with Gasteiger partial charge in [0.1, 0.15) is 18.3 Å². The molecule has 0 aliphatic carbocycles. The lowest BCUT2D eigenvalue weighted by molar-refractivity contribution is 0.0337. The van der Waals surface area contributed by atoms with Gasteiger partial charge in [0.2, 0.25) is 0 Å². The molecule has 0 spiro atoms. The number of alkyl halides is 1. The molecule has 0 aromatic heterocycles.